The third-order valence-electron chi connectivity index (χ3n) is 2.56. The minimum absolute atomic E-state index is 0.0502. The van der Waals surface area contributed by atoms with Gasteiger partial charge in [0.05, 0.1) is 5.56 Å². The first kappa shape index (κ1) is 14.5. The fraction of sp³-hybridized carbons (Fsp3) is 0.143. The van der Waals surface area contributed by atoms with Gasteiger partial charge in [-0.25, -0.2) is 9.37 Å². The summed E-state index contributed by atoms with van der Waals surface area (Å²) in [6.45, 7) is 0.889. The normalized spacial score (nSPS) is 10.1. The van der Waals surface area contributed by atoms with Crippen LogP contribution in [-0.4, -0.2) is 24.0 Å². The number of carbonyl (C=O) groups excluding carboxylic acids is 1. The molecule has 1 aromatic carbocycles. The predicted octanol–water partition coefficient (Wildman–Crippen LogP) is 2.83. The van der Waals surface area contributed by atoms with Gasteiger partial charge >= 0.3 is 0 Å². The molecule has 104 valence electrons. The van der Waals surface area contributed by atoms with Crippen LogP contribution >= 0.6 is 15.9 Å². The highest BCUT2D eigenvalue weighted by atomic mass is 79.9. The first-order chi connectivity index (χ1) is 9.66. The summed E-state index contributed by atoms with van der Waals surface area (Å²) in [4.78, 5) is 15.9. The zero-order valence-electron chi connectivity index (χ0n) is 10.6. The molecule has 0 spiro atoms. The summed E-state index contributed by atoms with van der Waals surface area (Å²) in [6, 6.07) is 9.58. The molecule has 1 heterocycles. The smallest absolute Gasteiger partial charge is 0.254 e. The largest absolute Gasteiger partial charge is 0.368 e. The first-order valence-electron chi connectivity index (χ1n) is 6.05. The van der Waals surface area contributed by atoms with Crippen molar-refractivity contribution in [2.45, 2.75) is 0 Å². The molecule has 0 fully saturated rings. The van der Waals surface area contributed by atoms with Gasteiger partial charge in [0.2, 0.25) is 0 Å². The van der Waals surface area contributed by atoms with E-state index < -0.39 is 11.7 Å². The molecule has 1 aromatic heterocycles. The second-order valence-corrected chi connectivity index (χ2v) is 4.94. The highest BCUT2D eigenvalue weighted by Crippen LogP contribution is 2.10. The van der Waals surface area contributed by atoms with Crippen LogP contribution < -0.4 is 10.6 Å². The lowest BCUT2D eigenvalue weighted by Crippen LogP contribution is -2.29. The van der Waals surface area contributed by atoms with Crippen LogP contribution in [0.25, 0.3) is 0 Å². The summed E-state index contributed by atoms with van der Waals surface area (Å²) in [6.07, 6.45) is 1.68. The van der Waals surface area contributed by atoms with Crippen LogP contribution in [0.4, 0.5) is 10.2 Å². The molecular weight excluding hydrogens is 325 g/mol. The van der Waals surface area contributed by atoms with Crippen LogP contribution in [0.1, 0.15) is 10.4 Å². The van der Waals surface area contributed by atoms with Gasteiger partial charge in [0, 0.05) is 23.8 Å². The van der Waals surface area contributed by atoms with Crippen LogP contribution in [0.15, 0.2) is 47.1 Å². The summed E-state index contributed by atoms with van der Waals surface area (Å²) < 4.78 is 14.3. The maximum absolute atomic E-state index is 13.4. The zero-order chi connectivity index (χ0) is 14.4. The number of anilines is 1. The quantitative estimate of drug-likeness (QED) is 0.825. The van der Waals surface area contributed by atoms with Gasteiger partial charge < -0.3 is 10.6 Å². The molecule has 0 saturated carbocycles. The summed E-state index contributed by atoms with van der Waals surface area (Å²) in [5.41, 5.74) is 0.0502. The molecule has 0 aliphatic carbocycles. The number of halogens is 2. The molecule has 1 amide bonds. The lowest BCUT2D eigenvalue weighted by molar-refractivity contribution is 0.0951. The number of hydrogen-bond acceptors (Lipinski definition) is 3. The molecule has 0 unspecified atom stereocenters. The molecule has 0 aliphatic heterocycles. The molecule has 2 rings (SSSR count). The summed E-state index contributed by atoms with van der Waals surface area (Å²) >= 11 is 3.30. The average molecular weight is 338 g/mol. The Labute approximate surface area is 124 Å². The van der Waals surface area contributed by atoms with E-state index in [0.29, 0.717) is 18.9 Å². The van der Waals surface area contributed by atoms with Crippen molar-refractivity contribution in [2.75, 3.05) is 18.4 Å². The zero-order valence-corrected chi connectivity index (χ0v) is 12.2. The molecule has 20 heavy (non-hydrogen) atoms. The summed E-state index contributed by atoms with van der Waals surface area (Å²) in [5.74, 6) is -0.227. The van der Waals surface area contributed by atoms with Crippen LogP contribution in [0.5, 0.6) is 0 Å². The number of pyridine rings is 1. The molecule has 0 aliphatic rings. The highest BCUT2D eigenvalue weighted by Gasteiger charge is 2.09. The molecule has 2 N–H and O–H groups in total. The molecule has 6 heteroatoms. The fourth-order valence-corrected chi connectivity index (χ4v) is 1.82. The number of amides is 1. The van der Waals surface area contributed by atoms with E-state index in [2.05, 4.69) is 31.5 Å². The maximum atomic E-state index is 13.4. The SMILES string of the molecule is O=C(NCCNc1ccc(Br)cn1)c1ccccc1F. The van der Waals surface area contributed by atoms with E-state index >= 15 is 0 Å². The van der Waals surface area contributed by atoms with Crippen molar-refractivity contribution in [1.29, 1.82) is 0 Å². The molecule has 0 bridgehead atoms. The lowest BCUT2D eigenvalue weighted by atomic mass is 10.2. The number of aromatic nitrogens is 1. The molecule has 0 radical (unpaired) electrons. The van der Waals surface area contributed by atoms with Gasteiger partial charge in [-0.05, 0) is 40.2 Å². The van der Waals surface area contributed by atoms with Gasteiger partial charge in [-0.2, -0.15) is 0 Å². The van der Waals surface area contributed by atoms with E-state index in [9.17, 15) is 9.18 Å². The van der Waals surface area contributed by atoms with E-state index in [1.54, 1.807) is 18.3 Å². The van der Waals surface area contributed by atoms with Crippen molar-refractivity contribution in [3.05, 3.63) is 58.4 Å². The monoisotopic (exact) mass is 337 g/mol. The number of hydrogen-bond donors (Lipinski definition) is 2. The topological polar surface area (TPSA) is 54.0 Å². The standard InChI is InChI=1S/C14H13BrFN3O/c15-10-5-6-13(19-9-10)17-7-8-18-14(20)11-3-1-2-4-12(11)16/h1-6,9H,7-8H2,(H,17,19)(H,18,20). The second-order valence-electron chi connectivity index (χ2n) is 4.02. The third kappa shape index (κ3) is 4.03. The van der Waals surface area contributed by atoms with E-state index in [1.165, 1.54) is 12.1 Å². The van der Waals surface area contributed by atoms with E-state index in [4.69, 9.17) is 0 Å². The van der Waals surface area contributed by atoms with Crippen molar-refractivity contribution in [3.8, 4) is 0 Å². The summed E-state index contributed by atoms with van der Waals surface area (Å²) in [5, 5.41) is 5.70. The number of benzene rings is 1. The highest BCUT2D eigenvalue weighted by molar-refractivity contribution is 9.10. The van der Waals surface area contributed by atoms with Gasteiger partial charge in [-0.3, -0.25) is 4.79 Å². The Hall–Kier alpha value is -1.95. The molecule has 4 nitrogen and oxygen atoms in total. The van der Waals surface area contributed by atoms with Crippen LogP contribution in [0, 0.1) is 5.82 Å². The van der Waals surface area contributed by atoms with Crippen molar-refractivity contribution < 1.29 is 9.18 Å². The molecule has 2 aromatic rings. The van der Waals surface area contributed by atoms with Gasteiger partial charge in [0.25, 0.3) is 5.91 Å². The van der Waals surface area contributed by atoms with Gasteiger partial charge in [-0.15, -0.1) is 0 Å². The summed E-state index contributed by atoms with van der Waals surface area (Å²) in [7, 11) is 0. The van der Waals surface area contributed by atoms with Crippen molar-refractivity contribution in [1.82, 2.24) is 10.3 Å². The van der Waals surface area contributed by atoms with E-state index in [0.717, 1.165) is 4.47 Å². The molecule has 0 atom stereocenters. The van der Waals surface area contributed by atoms with E-state index in [1.807, 2.05) is 12.1 Å². The Morgan fingerprint density at radius 1 is 1.20 bits per heavy atom. The minimum atomic E-state index is -0.521. The van der Waals surface area contributed by atoms with Crippen LogP contribution in [0.2, 0.25) is 0 Å². The van der Waals surface area contributed by atoms with Crippen molar-refractivity contribution >= 4 is 27.7 Å². The minimum Gasteiger partial charge on any atom is -0.368 e. The van der Waals surface area contributed by atoms with Gasteiger partial charge in [-0.1, -0.05) is 12.1 Å². The Morgan fingerprint density at radius 2 is 2.00 bits per heavy atom. The Morgan fingerprint density at radius 3 is 2.70 bits per heavy atom. The Balaban J connectivity index is 1.77. The third-order valence-corrected chi connectivity index (χ3v) is 3.03. The fourth-order valence-electron chi connectivity index (χ4n) is 1.59. The van der Waals surface area contributed by atoms with Crippen LogP contribution in [-0.2, 0) is 0 Å². The molecular formula is C14H13BrFN3O. The van der Waals surface area contributed by atoms with Crippen molar-refractivity contribution in [2.24, 2.45) is 0 Å². The number of carbonyl (C=O) groups is 1. The Kier molecular flexibility index (Phi) is 5.06. The van der Waals surface area contributed by atoms with E-state index in [-0.39, 0.29) is 5.56 Å². The average Bonchev–Trinajstić information content (AvgIpc) is 2.46. The Bertz CT molecular complexity index is 589. The number of nitrogens with zero attached hydrogens (tertiary/aromatic N) is 1. The van der Waals surface area contributed by atoms with Crippen LogP contribution in [0.3, 0.4) is 0 Å². The maximum Gasteiger partial charge on any atom is 0.254 e. The predicted molar refractivity (Wildman–Crippen MR) is 79.2 cm³/mol. The number of rotatable bonds is 5. The lowest BCUT2D eigenvalue weighted by Gasteiger charge is -2.08. The van der Waals surface area contributed by atoms with Gasteiger partial charge in [0.1, 0.15) is 11.6 Å². The first-order valence-corrected chi connectivity index (χ1v) is 6.84. The molecule has 0 saturated heterocycles. The number of nitrogens with one attached hydrogen (secondary N) is 2. The van der Waals surface area contributed by atoms with Gasteiger partial charge in [0.15, 0.2) is 0 Å². The second kappa shape index (κ2) is 7.00. The van der Waals surface area contributed by atoms with Crippen molar-refractivity contribution in [3.63, 3.8) is 0 Å².